The summed E-state index contributed by atoms with van der Waals surface area (Å²) < 4.78 is 5.74. The molecule has 3 nitrogen and oxygen atoms in total. The van der Waals surface area contributed by atoms with Crippen molar-refractivity contribution in [3.8, 4) is 0 Å². The van der Waals surface area contributed by atoms with Crippen molar-refractivity contribution in [2.45, 2.75) is 24.2 Å². The first-order valence-corrected chi connectivity index (χ1v) is 8.61. The van der Waals surface area contributed by atoms with E-state index in [-0.39, 0.29) is 5.91 Å². The highest BCUT2D eigenvalue weighted by Crippen LogP contribution is 2.47. The molecule has 2 unspecified atom stereocenters. The van der Waals surface area contributed by atoms with Crippen molar-refractivity contribution in [1.82, 2.24) is 0 Å². The standard InChI is InChI=1S/C18H19NO2S/c1-12-10-16(12)17-8-6-14(21-17)7-9-18(20)19-13-4-3-5-15(11-13)22-2/h3-9,11-12,16H,10H2,1-2H3,(H,19,20)/b9-7+. The van der Waals surface area contributed by atoms with E-state index in [4.69, 9.17) is 4.42 Å². The average Bonchev–Trinajstić information content (AvgIpc) is 3.07. The fourth-order valence-corrected chi connectivity index (χ4v) is 2.88. The van der Waals surface area contributed by atoms with Gasteiger partial charge in [-0.05, 0) is 55.0 Å². The van der Waals surface area contributed by atoms with Crippen molar-refractivity contribution in [3.05, 3.63) is 54.0 Å². The molecular formula is C18H19NO2S. The van der Waals surface area contributed by atoms with Gasteiger partial charge in [-0.3, -0.25) is 4.79 Å². The first-order valence-electron chi connectivity index (χ1n) is 7.38. The number of nitrogens with one attached hydrogen (secondary N) is 1. The third-order valence-corrected chi connectivity index (χ3v) is 4.58. The number of carbonyl (C=O) groups excluding carboxylic acids is 1. The maximum Gasteiger partial charge on any atom is 0.248 e. The molecule has 2 aromatic rings. The molecule has 1 aliphatic carbocycles. The maximum atomic E-state index is 11.9. The Labute approximate surface area is 134 Å². The number of carbonyl (C=O) groups is 1. The number of thioether (sulfide) groups is 1. The van der Waals surface area contributed by atoms with Gasteiger partial charge in [0.25, 0.3) is 0 Å². The third-order valence-electron chi connectivity index (χ3n) is 3.86. The van der Waals surface area contributed by atoms with E-state index in [2.05, 4.69) is 12.2 Å². The molecule has 1 N–H and O–H groups in total. The molecule has 3 rings (SSSR count). The van der Waals surface area contributed by atoms with Crippen molar-refractivity contribution >= 4 is 29.4 Å². The van der Waals surface area contributed by atoms with Crippen LogP contribution in [0.5, 0.6) is 0 Å². The van der Waals surface area contributed by atoms with Crippen LogP contribution in [0.1, 0.15) is 30.8 Å². The lowest BCUT2D eigenvalue weighted by Crippen LogP contribution is -2.07. The zero-order chi connectivity index (χ0) is 15.5. The van der Waals surface area contributed by atoms with Crippen LogP contribution in [0.4, 0.5) is 5.69 Å². The number of rotatable bonds is 5. The third kappa shape index (κ3) is 3.63. The lowest BCUT2D eigenvalue weighted by molar-refractivity contribution is -0.111. The minimum atomic E-state index is -0.156. The molecule has 2 atom stereocenters. The largest absolute Gasteiger partial charge is 0.461 e. The highest BCUT2D eigenvalue weighted by Gasteiger charge is 2.36. The van der Waals surface area contributed by atoms with E-state index in [1.807, 2.05) is 42.7 Å². The van der Waals surface area contributed by atoms with E-state index in [0.29, 0.717) is 5.92 Å². The summed E-state index contributed by atoms with van der Waals surface area (Å²) in [5, 5.41) is 2.86. The van der Waals surface area contributed by atoms with Crippen LogP contribution in [0, 0.1) is 5.92 Å². The molecule has 1 heterocycles. The summed E-state index contributed by atoms with van der Waals surface area (Å²) in [7, 11) is 0. The first kappa shape index (κ1) is 15.0. The molecule has 22 heavy (non-hydrogen) atoms. The van der Waals surface area contributed by atoms with Gasteiger partial charge < -0.3 is 9.73 Å². The molecule has 0 bridgehead atoms. The Hall–Kier alpha value is -1.94. The van der Waals surface area contributed by atoms with Crippen LogP contribution in [0.3, 0.4) is 0 Å². The first-order chi connectivity index (χ1) is 10.7. The molecular weight excluding hydrogens is 294 g/mol. The van der Waals surface area contributed by atoms with Crippen molar-refractivity contribution in [3.63, 3.8) is 0 Å². The summed E-state index contributed by atoms with van der Waals surface area (Å²) in [6.45, 7) is 2.22. The predicted molar refractivity (Wildman–Crippen MR) is 91.1 cm³/mol. The Kier molecular flexibility index (Phi) is 4.39. The van der Waals surface area contributed by atoms with Gasteiger partial charge in [0, 0.05) is 22.6 Å². The van der Waals surface area contributed by atoms with Gasteiger partial charge >= 0.3 is 0 Å². The van der Waals surface area contributed by atoms with E-state index >= 15 is 0 Å². The summed E-state index contributed by atoms with van der Waals surface area (Å²) in [6.07, 6.45) is 6.42. The monoisotopic (exact) mass is 313 g/mol. The molecule has 1 fully saturated rings. The molecule has 114 valence electrons. The Morgan fingerprint density at radius 3 is 2.91 bits per heavy atom. The van der Waals surface area contributed by atoms with Gasteiger partial charge in [-0.2, -0.15) is 0 Å². The van der Waals surface area contributed by atoms with Crippen LogP contribution < -0.4 is 5.32 Å². The predicted octanol–water partition coefficient (Wildman–Crippen LogP) is 4.78. The fraction of sp³-hybridized carbons (Fsp3) is 0.278. The van der Waals surface area contributed by atoms with Gasteiger partial charge in [0.05, 0.1) is 0 Å². The number of hydrogen-bond donors (Lipinski definition) is 1. The molecule has 0 saturated heterocycles. The Balaban J connectivity index is 1.59. The SMILES string of the molecule is CSc1cccc(NC(=O)/C=C/c2ccc(C3CC3C)o2)c1. The second-order valence-corrected chi connectivity index (χ2v) is 6.49. The molecule has 0 spiro atoms. The van der Waals surface area contributed by atoms with E-state index in [1.165, 1.54) is 12.5 Å². The van der Waals surface area contributed by atoms with Crippen molar-refractivity contribution in [2.75, 3.05) is 11.6 Å². The molecule has 1 aliphatic rings. The lowest BCUT2D eigenvalue weighted by atomic mass is 10.3. The van der Waals surface area contributed by atoms with E-state index in [9.17, 15) is 4.79 Å². The minimum absolute atomic E-state index is 0.156. The Morgan fingerprint density at radius 1 is 1.36 bits per heavy atom. The summed E-state index contributed by atoms with van der Waals surface area (Å²) in [6, 6.07) is 11.7. The van der Waals surface area contributed by atoms with Crippen molar-refractivity contribution in [2.24, 2.45) is 5.92 Å². The normalized spacial score (nSPS) is 20.3. The van der Waals surface area contributed by atoms with Crippen LogP contribution in [0.15, 0.2) is 51.8 Å². The van der Waals surface area contributed by atoms with Crippen LogP contribution in [-0.4, -0.2) is 12.2 Å². The summed E-state index contributed by atoms with van der Waals surface area (Å²) in [5.41, 5.74) is 0.799. The maximum absolute atomic E-state index is 11.9. The molecule has 1 aromatic carbocycles. The topological polar surface area (TPSA) is 42.2 Å². The van der Waals surface area contributed by atoms with Gasteiger partial charge in [0.15, 0.2) is 0 Å². The fourth-order valence-electron chi connectivity index (χ4n) is 2.42. The highest BCUT2D eigenvalue weighted by atomic mass is 32.2. The number of furan rings is 1. The molecule has 1 amide bonds. The lowest BCUT2D eigenvalue weighted by Gasteiger charge is -2.03. The molecule has 0 aliphatic heterocycles. The summed E-state index contributed by atoms with van der Waals surface area (Å²) >= 11 is 1.65. The van der Waals surface area contributed by atoms with Gasteiger partial charge in [0.2, 0.25) is 5.91 Å². The average molecular weight is 313 g/mol. The minimum Gasteiger partial charge on any atom is -0.461 e. The molecule has 0 radical (unpaired) electrons. The molecule has 4 heteroatoms. The number of hydrogen-bond acceptors (Lipinski definition) is 3. The Morgan fingerprint density at radius 2 is 2.18 bits per heavy atom. The van der Waals surface area contributed by atoms with Crippen molar-refractivity contribution < 1.29 is 9.21 Å². The van der Waals surface area contributed by atoms with Gasteiger partial charge in [-0.25, -0.2) is 0 Å². The van der Waals surface area contributed by atoms with Crippen molar-refractivity contribution in [1.29, 1.82) is 0 Å². The van der Waals surface area contributed by atoms with Gasteiger partial charge in [0.1, 0.15) is 11.5 Å². The smallest absolute Gasteiger partial charge is 0.248 e. The highest BCUT2D eigenvalue weighted by molar-refractivity contribution is 7.98. The van der Waals surface area contributed by atoms with E-state index < -0.39 is 0 Å². The quantitative estimate of drug-likeness (QED) is 0.638. The second-order valence-electron chi connectivity index (χ2n) is 5.61. The van der Waals surface area contributed by atoms with Crippen LogP contribution in [0.25, 0.3) is 6.08 Å². The van der Waals surface area contributed by atoms with Crippen LogP contribution in [-0.2, 0) is 4.79 Å². The van der Waals surface area contributed by atoms with E-state index in [0.717, 1.165) is 28.0 Å². The Bertz CT molecular complexity index is 705. The van der Waals surface area contributed by atoms with Crippen LogP contribution in [0.2, 0.25) is 0 Å². The number of benzene rings is 1. The molecule has 1 saturated carbocycles. The van der Waals surface area contributed by atoms with Gasteiger partial charge in [-0.1, -0.05) is 13.0 Å². The van der Waals surface area contributed by atoms with Crippen LogP contribution >= 0.6 is 11.8 Å². The number of anilines is 1. The molecule has 1 aromatic heterocycles. The second kappa shape index (κ2) is 6.44. The summed E-state index contributed by atoms with van der Waals surface area (Å²) in [4.78, 5) is 13.1. The zero-order valence-electron chi connectivity index (χ0n) is 12.7. The van der Waals surface area contributed by atoms with Gasteiger partial charge in [-0.15, -0.1) is 11.8 Å². The van der Waals surface area contributed by atoms with E-state index in [1.54, 1.807) is 17.8 Å². The summed E-state index contributed by atoms with van der Waals surface area (Å²) in [5.74, 6) is 2.87. The zero-order valence-corrected chi connectivity index (χ0v) is 13.5. The number of amides is 1.